The summed E-state index contributed by atoms with van der Waals surface area (Å²) in [5.74, 6) is 0. The summed E-state index contributed by atoms with van der Waals surface area (Å²) >= 11 is 0. The molecule has 0 saturated carbocycles. The molecule has 110 heavy (non-hydrogen) atoms. The van der Waals surface area contributed by atoms with Crippen molar-refractivity contribution < 1.29 is 4.42 Å². The molecule has 21 aromatic rings. The quantitative estimate of drug-likeness (QED) is 0.163. The predicted octanol–water partition coefficient (Wildman–Crippen LogP) is 27.9. The summed E-state index contributed by atoms with van der Waals surface area (Å²) in [5, 5.41) is 12.4. The van der Waals surface area contributed by atoms with Gasteiger partial charge in [-0.2, -0.15) is 0 Å². The van der Waals surface area contributed by atoms with E-state index in [-0.39, 0.29) is 16.2 Å². The molecule has 520 valence electrons. The van der Waals surface area contributed by atoms with E-state index in [0.717, 1.165) is 27.6 Å². The number of hydrogen-bond acceptors (Lipinski definition) is 1. The molecular formula is C105H74N4O. The Morgan fingerprint density at radius 1 is 0.200 bits per heavy atom. The van der Waals surface area contributed by atoms with Crippen LogP contribution in [0.4, 0.5) is 0 Å². The fraction of sp³-hybridized carbons (Fsp3) is 0.0857. The first kappa shape index (κ1) is 62.7. The van der Waals surface area contributed by atoms with Crippen LogP contribution in [0.1, 0.15) is 74.9 Å². The van der Waals surface area contributed by atoms with Gasteiger partial charge in [-0.25, -0.2) is 0 Å². The lowest BCUT2D eigenvalue weighted by molar-refractivity contribution is 0.660. The van der Waals surface area contributed by atoms with Gasteiger partial charge < -0.3 is 22.7 Å². The molecular weight excluding hydrogens is 1330 g/mol. The third kappa shape index (κ3) is 8.68. The van der Waals surface area contributed by atoms with E-state index in [1.54, 1.807) is 0 Å². The topological polar surface area (TPSA) is 32.9 Å². The Morgan fingerprint density at radius 2 is 0.536 bits per heavy atom. The zero-order chi connectivity index (χ0) is 73.2. The smallest absolute Gasteiger partial charge is 0.137 e. The molecule has 0 aliphatic heterocycles. The number of hydrogen-bond donors (Lipinski definition) is 0. The molecule has 0 saturated heterocycles. The Balaban J connectivity index is 0.000000132. The normalized spacial score (nSPS) is 14.1. The van der Waals surface area contributed by atoms with E-state index in [2.05, 4.69) is 387 Å². The Labute approximate surface area is 637 Å². The lowest BCUT2D eigenvalue weighted by Gasteiger charge is -2.23. The molecule has 16 aromatic carbocycles. The third-order valence-corrected chi connectivity index (χ3v) is 25.4. The van der Waals surface area contributed by atoms with Gasteiger partial charge >= 0.3 is 0 Å². The maximum Gasteiger partial charge on any atom is 0.137 e. The SMILES string of the molecule is CC1(C)c2ccccc2-c2ccc(-n3c4ccccc4c4cc(-c5ccc6c(c5)c5ccc7c(c5n6-c5ccccc5)C(C)(C)c5ccccc5-7)ccc43)cc21.CC1(C)c2ccccc2-c2ccc3c4cc(-c5ccc6c(c5)c5ccccc5n6-c5ccc6c(c5)oc5ccccc56)ccc4n(-c4ccccc4)c3c21. The second-order valence-electron chi connectivity index (χ2n) is 32.3. The van der Waals surface area contributed by atoms with E-state index < -0.39 is 0 Å². The number of fused-ring (bicyclic) bond motifs is 26. The molecule has 5 aromatic heterocycles. The maximum absolute atomic E-state index is 6.32. The molecule has 24 rings (SSSR count). The largest absolute Gasteiger partial charge is 0.456 e. The van der Waals surface area contributed by atoms with Gasteiger partial charge in [0.15, 0.2) is 0 Å². The van der Waals surface area contributed by atoms with Crippen molar-refractivity contribution in [2.45, 2.75) is 57.8 Å². The lowest BCUT2D eigenvalue weighted by atomic mass is 9.81. The van der Waals surface area contributed by atoms with Crippen LogP contribution >= 0.6 is 0 Å². The average Bonchev–Trinajstić information content (AvgIpc) is 1.53. The summed E-state index contributed by atoms with van der Waals surface area (Å²) in [7, 11) is 0. The van der Waals surface area contributed by atoms with Gasteiger partial charge in [-0.05, 0) is 204 Å². The van der Waals surface area contributed by atoms with Gasteiger partial charge in [0.1, 0.15) is 11.2 Å². The standard InChI is InChI=1S/C54H40N2.C51H34N2O/c1-53(2)45-19-11-8-16-37(45)39-25-24-36(32-47(39)53)55-48-21-13-10-18-40(48)43-30-33(22-28-49(43)55)34-23-29-50-44(31-34)42-27-26-41-38-17-9-12-20-46(38)54(3,4)51(41)52(42)56(50)35-14-6-5-7-15-35;1-51(2)43-17-9-6-14-35(43)39-24-25-40-42-29-32(21-27-46(42)53(50(40)49(39)51)33-12-4-3-5-13-33)31-20-26-45-41(28-31)36-15-7-10-18-44(36)52(45)34-22-23-38-37-16-8-11-19-47(37)54-48(38)30-34/h5-32H,1-4H3;3-30H,1-2H3. The summed E-state index contributed by atoms with van der Waals surface area (Å²) in [6.45, 7) is 14.3. The zero-order valence-corrected chi connectivity index (χ0v) is 62.0. The molecule has 0 radical (unpaired) electrons. The number of rotatable bonds is 6. The van der Waals surface area contributed by atoms with Gasteiger partial charge in [0.05, 0.1) is 44.1 Å². The fourth-order valence-electron chi connectivity index (χ4n) is 20.3. The maximum atomic E-state index is 6.32. The van der Waals surface area contributed by atoms with E-state index in [4.69, 9.17) is 4.42 Å². The Morgan fingerprint density at radius 3 is 1.03 bits per heavy atom. The van der Waals surface area contributed by atoms with Crippen molar-refractivity contribution in [3.05, 3.63) is 373 Å². The number of furan rings is 1. The van der Waals surface area contributed by atoms with Crippen LogP contribution in [0, 0.1) is 0 Å². The van der Waals surface area contributed by atoms with Gasteiger partial charge in [0.25, 0.3) is 0 Å². The molecule has 5 heterocycles. The molecule has 5 nitrogen and oxygen atoms in total. The number of para-hydroxylation sites is 5. The molecule has 0 N–H and O–H groups in total. The van der Waals surface area contributed by atoms with Crippen LogP contribution in [0.3, 0.4) is 0 Å². The average molecular weight is 1410 g/mol. The van der Waals surface area contributed by atoms with Crippen LogP contribution in [0.15, 0.2) is 344 Å². The molecule has 0 amide bonds. The number of aromatic nitrogens is 4. The van der Waals surface area contributed by atoms with Gasteiger partial charge in [-0.3, -0.25) is 0 Å². The highest BCUT2D eigenvalue weighted by molar-refractivity contribution is 6.18. The van der Waals surface area contributed by atoms with E-state index in [9.17, 15) is 0 Å². The van der Waals surface area contributed by atoms with Crippen LogP contribution in [0.25, 0.3) is 188 Å². The zero-order valence-electron chi connectivity index (χ0n) is 62.0. The van der Waals surface area contributed by atoms with Crippen LogP contribution in [-0.2, 0) is 16.2 Å². The third-order valence-electron chi connectivity index (χ3n) is 25.4. The van der Waals surface area contributed by atoms with Crippen molar-refractivity contribution in [2.24, 2.45) is 0 Å². The highest BCUT2D eigenvalue weighted by Crippen LogP contribution is 2.56. The van der Waals surface area contributed by atoms with Gasteiger partial charge in [0.2, 0.25) is 0 Å². The Kier molecular flexibility index (Phi) is 13.0. The fourth-order valence-corrected chi connectivity index (χ4v) is 20.3. The molecule has 0 atom stereocenters. The van der Waals surface area contributed by atoms with Crippen molar-refractivity contribution >= 4 is 109 Å². The monoisotopic (exact) mass is 1410 g/mol. The molecule has 0 spiro atoms. The van der Waals surface area contributed by atoms with Crippen LogP contribution < -0.4 is 0 Å². The van der Waals surface area contributed by atoms with Crippen LogP contribution in [0.2, 0.25) is 0 Å². The molecule has 0 bridgehead atoms. The summed E-state index contributed by atoms with van der Waals surface area (Å²) in [6.07, 6.45) is 0. The first-order valence-electron chi connectivity index (χ1n) is 38.6. The molecule has 3 aliphatic carbocycles. The second kappa shape index (κ2) is 22.8. The number of nitrogens with zero attached hydrogens (tertiary/aromatic N) is 4. The van der Waals surface area contributed by atoms with E-state index in [1.807, 2.05) is 12.1 Å². The number of benzene rings is 16. The van der Waals surface area contributed by atoms with Crippen molar-refractivity contribution in [3.8, 4) is 78.4 Å². The van der Waals surface area contributed by atoms with Crippen molar-refractivity contribution in [3.63, 3.8) is 0 Å². The lowest BCUT2D eigenvalue weighted by Crippen LogP contribution is -2.16. The van der Waals surface area contributed by atoms with Crippen LogP contribution in [0.5, 0.6) is 0 Å². The molecule has 5 heteroatoms. The Bertz CT molecular complexity index is 7550. The minimum atomic E-state index is -0.136. The summed E-state index contributed by atoms with van der Waals surface area (Å²) in [5.41, 5.74) is 37.3. The van der Waals surface area contributed by atoms with Gasteiger partial charge in [-0.1, -0.05) is 260 Å². The molecule has 0 unspecified atom stereocenters. The van der Waals surface area contributed by atoms with Crippen molar-refractivity contribution in [1.82, 2.24) is 18.3 Å². The second-order valence-corrected chi connectivity index (χ2v) is 32.3. The highest BCUT2D eigenvalue weighted by atomic mass is 16.3. The minimum Gasteiger partial charge on any atom is -0.456 e. The van der Waals surface area contributed by atoms with Gasteiger partial charge in [0, 0.05) is 98.9 Å². The molecule has 0 fully saturated rings. The molecule has 3 aliphatic rings. The van der Waals surface area contributed by atoms with Gasteiger partial charge in [-0.15, -0.1) is 0 Å². The Hall–Kier alpha value is -13.5. The predicted molar refractivity (Wildman–Crippen MR) is 461 cm³/mol. The summed E-state index contributed by atoms with van der Waals surface area (Å²) in [6, 6.07) is 126. The first-order chi connectivity index (χ1) is 53.8. The minimum absolute atomic E-state index is 0.0596. The summed E-state index contributed by atoms with van der Waals surface area (Å²) < 4.78 is 16.2. The van der Waals surface area contributed by atoms with Crippen molar-refractivity contribution in [2.75, 3.05) is 0 Å². The van der Waals surface area contributed by atoms with Crippen LogP contribution in [-0.4, -0.2) is 18.3 Å². The summed E-state index contributed by atoms with van der Waals surface area (Å²) in [4.78, 5) is 0. The van der Waals surface area contributed by atoms with E-state index >= 15 is 0 Å². The van der Waals surface area contributed by atoms with Crippen molar-refractivity contribution in [1.29, 1.82) is 0 Å². The first-order valence-corrected chi connectivity index (χ1v) is 38.6. The highest BCUT2D eigenvalue weighted by Gasteiger charge is 2.41. The van der Waals surface area contributed by atoms with E-state index in [1.165, 1.54) is 193 Å². The van der Waals surface area contributed by atoms with E-state index in [0.29, 0.717) is 0 Å².